The Kier molecular flexibility index (Phi) is 13.7. The van der Waals surface area contributed by atoms with Gasteiger partial charge in [-0.25, -0.2) is 14.4 Å². The first-order valence-corrected chi connectivity index (χ1v) is 13.4. The second-order valence-electron chi connectivity index (χ2n) is 8.69. The summed E-state index contributed by atoms with van der Waals surface area (Å²) in [6.07, 6.45) is -2.56. The summed E-state index contributed by atoms with van der Waals surface area (Å²) >= 11 is 0. The zero-order valence-corrected chi connectivity index (χ0v) is 22.7. The second-order valence-corrected chi connectivity index (χ2v) is 10.4. The van der Waals surface area contributed by atoms with Crippen LogP contribution in [0, 0.1) is 5.41 Å². The number of benzene rings is 1. The van der Waals surface area contributed by atoms with Crippen molar-refractivity contribution in [1.82, 2.24) is 5.32 Å². The Bertz CT molecular complexity index is 1050. The molecule has 0 radical (unpaired) electrons. The highest BCUT2D eigenvalue weighted by Crippen LogP contribution is 2.23. The van der Waals surface area contributed by atoms with E-state index in [4.69, 9.17) is 23.1 Å². The van der Waals surface area contributed by atoms with E-state index in [1.54, 1.807) is 19.1 Å². The van der Waals surface area contributed by atoms with Crippen LogP contribution in [-0.4, -0.2) is 82.4 Å². The van der Waals surface area contributed by atoms with Crippen LogP contribution in [0.1, 0.15) is 50.9 Å². The first-order valence-electron chi connectivity index (χ1n) is 11.9. The Morgan fingerprint density at radius 2 is 1.68 bits per heavy atom. The lowest BCUT2D eigenvalue weighted by Gasteiger charge is -2.28. The molecule has 1 rings (SSSR count). The zero-order valence-electron chi connectivity index (χ0n) is 21.9. The number of amides is 1. The lowest BCUT2D eigenvalue weighted by molar-refractivity contribution is -0.161. The molecular formula is C24H35NO12S. The van der Waals surface area contributed by atoms with Crippen molar-refractivity contribution in [3.8, 4) is 5.75 Å². The number of carbonyl (C=O) groups is 4. The molecule has 2 N–H and O–H groups in total. The molecule has 1 aromatic carbocycles. The minimum absolute atomic E-state index is 0.0373. The summed E-state index contributed by atoms with van der Waals surface area (Å²) < 4.78 is 48.7. The first-order chi connectivity index (χ1) is 17.8. The van der Waals surface area contributed by atoms with Crippen molar-refractivity contribution in [3.05, 3.63) is 29.8 Å². The maximum Gasteiger partial charge on any atom is 0.513 e. The van der Waals surface area contributed by atoms with Crippen molar-refractivity contribution in [1.29, 1.82) is 0 Å². The van der Waals surface area contributed by atoms with Crippen molar-refractivity contribution < 1.29 is 55.8 Å². The highest BCUT2D eigenvalue weighted by molar-refractivity contribution is 7.86. The molecule has 0 saturated carbocycles. The molecule has 0 saturated heterocycles. The summed E-state index contributed by atoms with van der Waals surface area (Å²) in [7, 11) is -3.94. The molecule has 1 atom stereocenters. The van der Waals surface area contributed by atoms with Crippen LogP contribution in [0.4, 0.5) is 4.79 Å². The largest absolute Gasteiger partial charge is 0.513 e. The van der Waals surface area contributed by atoms with E-state index in [0.717, 1.165) is 0 Å². The molecule has 0 aliphatic rings. The lowest BCUT2D eigenvalue weighted by atomic mass is 9.88. The average molecular weight is 562 g/mol. The molecule has 38 heavy (non-hydrogen) atoms. The van der Waals surface area contributed by atoms with E-state index in [1.165, 1.54) is 32.9 Å². The second kappa shape index (κ2) is 15.9. The monoisotopic (exact) mass is 561 g/mol. The van der Waals surface area contributed by atoms with Crippen LogP contribution in [0.5, 0.6) is 5.75 Å². The normalized spacial score (nSPS) is 12.2. The summed E-state index contributed by atoms with van der Waals surface area (Å²) in [5.41, 5.74) is -1.24. The number of esters is 2. The van der Waals surface area contributed by atoms with E-state index in [9.17, 15) is 32.7 Å². The van der Waals surface area contributed by atoms with Gasteiger partial charge in [-0.15, -0.1) is 0 Å². The number of hydrogen-bond donors (Lipinski definition) is 2. The Morgan fingerprint density at radius 1 is 1.03 bits per heavy atom. The lowest BCUT2D eigenvalue weighted by Crippen LogP contribution is -2.41. The van der Waals surface area contributed by atoms with Crippen LogP contribution in [0.2, 0.25) is 0 Å². The van der Waals surface area contributed by atoms with Gasteiger partial charge in [0.1, 0.15) is 11.3 Å². The summed E-state index contributed by atoms with van der Waals surface area (Å²) in [6, 6.07) is 5.98. The number of hydrogen-bond acceptors (Lipinski definition) is 12. The van der Waals surface area contributed by atoms with E-state index < -0.39 is 46.3 Å². The van der Waals surface area contributed by atoms with Gasteiger partial charge in [-0.05, 0) is 25.5 Å². The summed E-state index contributed by atoms with van der Waals surface area (Å²) in [4.78, 5) is 46.9. The van der Waals surface area contributed by atoms with Crippen molar-refractivity contribution in [2.45, 2.75) is 46.6 Å². The van der Waals surface area contributed by atoms with E-state index in [2.05, 4.69) is 5.32 Å². The topological polar surface area (TPSA) is 181 Å². The molecule has 0 bridgehead atoms. The van der Waals surface area contributed by atoms with Gasteiger partial charge in [-0.3, -0.25) is 8.98 Å². The Hall–Kier alpha value is -3.23. The number of rotatable bonds is 16. The Balaban J connectivity index is 2.39. The van der Waals surface area contributed by atoms with Gasteiger partial charge in [0.05, 0.1) is 32.2 Å². The fourth-order valence-electron chi connectivity index (χ4n) is 2.73. The third-order valence-electron chi connectivity index (χ3n) is 4.85. The third-order valence-corrected chi connectivity index (χ3v) is 6.11. The van der Waals surface area contributed by atoms with Gasteiger partial charge in [0.15, 0.2) is 6.10 Å². The number of para-hydroxylation sites is 1. The predicted octanol–water partition coefficient (Wildman–Crippen LogP) is 1.57. The maximum absolute atomic E-state index is 12.2. The Labute approximate surface area is 221 Å². The average Bonchev–Trinajstić information content (AvgIpc) is 2.85. The molecule has 0 fully saturated rings. The minimum atomic E-state index is -3.94. The molecule has 0 heterocycles. The van der Waals surface area contributed by atoms with Gasteiger partial charge in [0, 0.05) is 25.3 Å². The highest BCUT2D eigenvalue weighted by atomic mass is 32.2. The predicted molar refractivity (Wildman–Crippen MR) is 133 cm³/mol. The van der Waals surface area contributed by atoms with Crippen LogP contribution in [-0.2, 0) is 38.1 Å². The summed E-state index contributed by atoms with van der Waals surface area (Å²) in [6.45, 7) is 5.25. The molecule has 0 spiro atoms. The van der Waals surface area contributed by atoms with E-state index in [1.807, 2.05) is 0 Å². The smallest absolute Gasteiger partial charge is 0.464 e. The van der Waals surface area contributed by atoms with Gasteiger partial charge >= 0.3 is 18.1 Å². The molecule has 1 aromatic rings. The van der Waals surface area contributed by atoms with Crippen molar-refractivity contribution >= 4 is 34.1 Å². The fourth-order valence-corrected chi connectivity index (χ4v) is 3.83. The summed E-state index contributed by atoms with van der Waals surface area (Å²) in [5, 5.41) is 12.8. The van der Waals surface area contributed by atoms with Crippen LogP contribution in [0.3, 0.4) is 0 Å². The Morgan fingerprint density at radius 3 is 2.34 bits per heavy atom. The van der Waals surface area contributed by atoms with E-state index >= 15 is 0 Å². The number of aliphatic hydroxyl groups excluding tert-OH is 1. The van der Waals surface area contributed by atoms with Gasteiger partial charge in [0.2, 0.25) is 5.91 Å². The number of carbonyl (C=O) groups excluding carboxylic acids is 4. The highest BCUT2D eigenvalue weighted by Gasteiger charge is 2.36. The van der Waals surface area contributed by atoms with Crippen LogP contribution in [0.15, 0.2) is 24.3 Å². The molecule has 0 aliphatic carbocycles. The van der Waals surface area contributed by atoms with Gasteiger partial charge < -0.3 is 29.4 Å². The van der Waals surface area contributed by atoms with Crippen molar-refractivity contribution in [3.63, 3.8) is 0 Å². The number of nitrogens with one attached hydrogen (secondary N) is 1. The van der Waals surface area contributed by atoms with Crippen molar-refractivity contribution in [2.75, 3.05) is 38.7 Å². The van der Waals surface area contributed by atoms with Gasteiger partial charge in [-0.2, -0.15) is 8.42 Å². The summed E-state index contributed by atoms with van der Waals surface area (Å²) in [5.74, 6) is -2.33. The molecule has 0 aliphatic heterocycles. The van der Waals surface area contributed by atoms with Gasteiger partial charge in [0.25, 0.3) is 10.1 Å². The van der Waals surface area contributed by atoms with Crippen LogP contribution >= 0.6 is 0 Å². The molecule has 14 heteroatoms. The van der Waals surface area contributed by atoms with Crippen molar-refractivity contribution in [2.24, 2.45) is 5.41 Å². The van der Waals surface area contributed by atoms with E-state index in [0.29, 0.717) is 0 Å². The molecule has 214 valence electrons. The van der Waals surface area contributed by atoms with Gasteiger partial charge in [-0.1, -0.05) is 26.0 Å². The van der Waals surface area contributed by atoms with Crippen LogP contribution in [0.25, 0.3) is 0 Å². The fraction of sp³-hybridized carbons (Fsp3) is 0.583. The SMILES string of the molecule is CCOC(=O)c1ccccc1OC(=O)OCCCOC(=O)[C@H](O)C(C)(C)COS(=O)(=O)CCCNC(C)=O. The minimum Gasteiger partial charge on any atom is -0.464 e. The molecule has 0 unspecified atom stereocenters. The molecule has 0 aromatic heterocycles. The molecular weight excluding hydrogens is 526 g/mol. The van der Waals surface area contributed by atoms with Crippen LogP contribution < -0.4 is 10.1 Å². The zero-order chi connectivity index (χ0) is 28.8. The molecule has 1 amide bonds. The van der Waals surface area contributed by atoms with E-state index in [-0.39, 0.29) is 62.2 Å². The quantitative estimate of drug-likeness (QED) is 0.0979. The number of ether oxygens (including phenoxy) is 4. The third kappa shape index (κ3) is 12.3. The standard InChI is InChI=1S/C24H35NO12S/c1-5-33-21(28)18-10-6-7-11-19(18)37-23(30)35-14-9-13-34-22(29)20(27)24(3,4)16-36-38(31,32)15-8-12-25-17(2)26/h6-7,10-11,20,27H,5,8-9,12-16H2,1-4H3,(H,25,26)/t20-/m0/s1. The maximum atomic E-state index is 12.2. The first kappa shape index (κ1) is 32.8. The molecule has 13 nitrogen and oxygen atoms in total. The number of aliphatic hydroxyl groups is 1.